The number of carbonyl (C=O) groups is 1. The Kier molecular flexibility index (Phi) is 6.66. The minimum absolute atomic E-state index is 0.000497. The molecule has 1 aromatic heterocycles. The molecule has 8 heteroatoms. The maximum Gasteiger partial charge on any atom is 0.233 e. The minimum atomic E-state index is -3.03. The van der Waals surface area contributed by atoms with Crippen molar-refractivity contribution in [2.24, 2.45) is 0 Å². The van der Waals surface area contributed by atoms with Crippen molar-refractivity contribution in [2.45, 2.75) is 24.8 Å². The molecular weight excluding hydrogens is 410 g/mol. The summed E-state index contributed by atoms with van der Waals surface area (Å²) in [5, 5.41) is 2.66. The van der Waals surface area contributed by atoms with Gasteiger partial charge in [0.15, 0.2) is 9.84 Å². The molecule has 0 spiro atoms. The fourth-order valence-electron chi connectivity index (χ4n) is 2.93. The molecule has 1 amide bonds. The molecule has 0 radical (unpaired) electrons. The van der Waals surface area contributed by atoms with E-state index < -0.39 is 9.84 Å². The molecule has 140 valence electrons. The third-order valence-electron chi connectivity index (χ3n) is 4.28. The topological polar surface area (TPSA) is 54.5 Å². The van der Waals surface area contributed by atoms with Gasteiger partial charge in [0.1, 0.15) is 0 Å². The van der Waals surface area contributed by atoms with Gasteiger partial charge in [0.05, 0.1) is 23.8 Å². The van der Waals surface area contributed by atoms with E-state index >= 15 is 0 Å². The van der Waals surface area contributed by atoms with Crippen LogP contribution in [-0.2, 0) is 26.9 Å². The summed E-state index contributed by atoms with van der Waals surface area (Å²) in [4.78, 5) is 15.6. The van der Waals surface area contributed by atoms with Gasteiger partial charge in [-0.25, -0.2) is 8.42 Å². The average Bonchev–Trinajstić information content (AvgIpc) is 3.23. The third kappa shape index (κ3) is 5.49. The Hall–Kier alpha value is -1.02. The van der Waals surface area contributed by atoms with Crippen molar-refractivity contribution in [3.05, 3.63) is 57.2 Å². The zero-order valence-electron chi connectivity index (χ0n) is 14.1. The summed E-state index contributed by atoms with van der Waals surface area (Å²) in [5.41, 5.74) is 1.11. The Bertz CT molecular complexity index is 835. The van der Waals surface area contributed by atoms with Crippen LogP contribution in [0.5, 0.6) is 0 Å². The molecule has 1 saturated heterocycles. The lowest BCUT2D eigenvalue weighted by Gasteiger charge is -2.28. The summed E-state index contributed by atoms with van der Waals surface area (Å²) < 4.78 is 23.7. The van der Waals surface area contributed by atoms with E-state index in [1.165, 1.54) is 11.8 Å². The number of halogens is 1. The molecule has 2 heterocycles. The lowest BCUT2D eigenvalue weighted by molar-refractivity contribution is -0.130. The summed E-state index contributed by atoms with van der Waals surface area (Å²) in [6, 6.07) is 11.3. The smallest absolute Gasteiger partial charge is 0.233 e. The number of nitrogens with zero attached hydrogens (tertiary/aromatic N) is 1. The van der Waals surface area contributed by atoms with Gasteiger partial charge in [-0.15, -0.1) is 23.1 Å². The zero-order valence-corrected chi connectivity index (χ0v) is 17.3. The van der Waals surface area contributed by atoms with E-state index in [4.69, 9.17) is 11.6 Å². The molecule has 3 rings (SSSR count). The molecule has 0 bridgehead atoms. The van der Waals surface area contributed by atoms with Crippen LogP contribution in [0, 0.1) is 0 Å². The fraction of sp³-hybridized carbons (Fsp3) is 0.389. The number of thioether (sulfide) groups is 1. The first-order valence-electron chi connectivity index (χ1n) is 8.27. The fourth-order valence-corrected chi connectivity index (χ4v) is 6.36. The number of amides is 1. The highest BCUT2D eigenvalue weighted by Gasteiger charge is 2.34. The Morgan fingerprint density at radius 3 is 2.65 bits per heavy atom. The van der Waals surface area contributed by atoms with Crippen molar-refractivity contribution in [1.29, 1.82) is 0 Å². The first-order chi connectivity index (χ1) is 12.4. The van der Waals surface area contributed by atoms with Crippen LogP contribution in [0.2, 0.25) is 5.02 Å². The highest BCUT2D eigenvalue weighted by atomic mass is 35.5. The highest BCUT2D eigenvalue weighted by Crippen LogP contribution is 2.23. The van der Waals surface area contributed by atoms with E-state index in [2.05, 4.69) is 0 Å². The predicted molar refractivity (Wildman–Crippen MR) is 110 cm³/mol. The molecule has 0 unspecified atom stereocenters. The summed E-state index contributed by atoms with van der Waals surface area (Å²) in [5.74, 6) is 1.30. The Morgan fingerprint density at radius 1 is 1.27 bits per heavy atom. The molecule has 1 aliphatic rings. The first kappa shape index (κ1) is 19.7. The van der Waals surface area contributed by atoms with Gasteiger partial charge in [0.2, 0.25) is 5.91 Å². The van der Waals surface area contributed by atoms with Crippen molar-refractivity contribution in [3.63, 3.8) is 0 Å². The monoisotopic (exact) mass is 429 g/mol. The standard InChI is InChI=1S/C18H20ClNO3S3/c19-15-5-3-14(4-6-15)11-24-12-18(21)20(10-17-2-1-8-25-17)16-7-9-26(22,23)13-16/h1-6,8,16H,7,9-13H2/t16-/m0/s1. The van der Waals surface area contributed by atoms with Crippen molar-refractivity contribution in [2.75, 3.05) is 17.3 Å². The Morgan fingerprint density at radius 2 is 2.04 bits per heavy atom. The van der Waals surface area contributed by atoms with Gasteiger partial charge in [-0.2, -0.15) is 0 Å². The molecule has 0 aliphatic carbocycles. The third-order valence-corrected chi connectivity index (χ3v) is 8.14. The van der Waals surface area contributed by atoms with Crippen LogP contribution in [0.25, 0.3) is 0 Å². The van der Waals surface area contributed by atoms with Crippen LogP contribution >= 0.6 is 34.7 Å². The molecule has 0 N–H and O–H groups in total. The largest absolute Gasteiger partial charge is 0.333 e. The van der Waals surface area contributed by atoms with E-state index in [0.29, 0.717) is 23.7 Å². The van der Waals surface area contributed by atoms with E-state index in [-0.39, 0.29) is 23.5 Å². The van der Waals surface area contributed by atoms with Crippen molar-refractivity contribution in [1.82, 2.24) is 4.90 Å². The van der Waals surface area contributed by atoms with Gasteiger partial charge in [0.25, 0.3) is 0 Å². The van der Waals surface area contributed by atoms with Crippen LogP contribution in [0.15, 0.2) is 41.8 Å². The van der Waals surface area contributed by atoms with Gasteiger partial charge in [-0.1, -0.05) is 29.8 Å². The minimum Gasteiger partial charge on any atom is -0.333 e. The van der Waals surface area contributed by atoms with Crippen molar-refractivity contribution < 1.29 is 13.2 Å². The van der Waals surface area contributed by atoms with Gasteiger partial charge in [-0.05, 0) is 35.6 Å². The molecule has 1 fully saturated rings. The van der Waals surface area contributed by atoms with Crippen LogP contribution in [-0.4, -0.2) is 42.5 Å². The van der Waals surface area contributed by atoms with Crippen LogP contribution in [0.3, 0.4) is 0 Å². The van der Waals surface area contributed by atoms with E-state index in [9.17, 15) is 13.2 Å². The van der Waals surface area contributed by atoms with E-state index in [1.807, 2.05) is 41.8 Å². The highest BCUT2D eigenvalue weighted by molar-refractivity contribution is 7.99. The number of thiophene rings is 1. The number of carbonyl (C=O) groups excluding carboxylic acids is 1. The second kappa shape index (κ2) is 8.78. The van der Waals surface area contributed by atoms with Gasteiger partial charge in [0, 0.05) is 21.7 Å². The SMILES string of the molecule is O=C(CSCc1ccc(Cl)cc1)N(Cc1cccs1)[C@H]1CCS(=O)(=O)C1. The van der Waals surface area contributed by atoms with Gasteiger partial charge >= 0.3 is 0 Å². The normalized spacial score (nSPS) is 18.7. The number of benzene rings is 1. The lowest BCUT2D eigenvalue weighted by Crippen LogP contribution is -2.41. The van der Waals surface area contributed by atoms with E-state index in [1.54, 1.807) is 16.2 Å². The predicted octanol–water partition coefficient (Wildman–Crippen LogP) is 3.85. The van der Waals surface area contributed by atoms with Crippen molar-refractivity contribution in [3.8, 4) is 0 Å². The number of hydrogen-bond donors (Lipinski definition) is 0. The maximum absolute atomic E-state index is 12.8. The Labute approximate surface area is 167 Å². The second-order valence-electron chi connectivity index (χ2n) is 6.28. The number of sulfone groups is 1. The van der Waals surface area contributed by atoms with Crippen molar-refractivity contribution >= 4 is 50.4 Å². The maximum atomic E-state index is 12.8. The molecule has 1 aliphatic heterocycles. The molecule has 4 nitrogen and oxygen atoms in total. The molecule has 2 aromatic rings. The molecule has 1 aromatic carbocycles. The molecule has 0 saturated carbocycles. The summed E-state index contributed by atoms with van der Waals surface area (Å²) in [6.45, 7) is 0.484. The molecule has 26 heavy (non-hydrogen) atoms. The number of hydrogen-bond acceptors (Lipinski definition) is 5. The Balaban J connectivity index is 1.61. The van der Waals surface area contributed by atoms with Crippen LogP contribution in [0.4, 0.5) is 0 Å². The van der Waals surface area contributed by atoms with E-state index in [0.717, 1.165) is 16.2 Å². The van der Waals surface area contributed by atoms with Gasteiger partial charge in [-0.3, -0.25) is 4.79 Å². The first-order valence-corrected chi connectivity index (χ1v) is 12.5. The summed E-state index contributed by atoms with van der Waals surface area (Å²) in [7, 11) is -3.03. The quantitative estimate of drug-likeness (QED) is 0.670. The second-order valence-corrected chi connectivity index (χ2v) is 11.0. The number of rotatable bonds is 7. The summed E-state index contributed by atoms with van der Waals surface area (Å²) in [6.07, 6.45) is 0.529. The average molecular weight is 430 g/mol. The van der Waals surface area contributed by atoms with Gasteiger partial charge < -0.3 is 4.90 Å². The molecular formula is C18H20ClNO3S3. The van der Waals surface area contributed by atoms with Crippen LogP contribution in [0.1, 0.15) is 16.9 Å². The zero-order chi connectivity index (χ0) is 18.6. The van der Waals surface area contributed by atoms with Crippen LogP contribution < -0.4 is 0 Å². The lowest BCUT2D eigenvalue weighted by atomic mass is 10.2. The summed E-state index contributed by atoms with van der Waals surface area (Å²) >= 11 is 9.01. The molecule has 1 atom stereocenters.